The Balaban J connectivity index is 1.44. The van der Waals surface area contributed by atoms with E-state index < -0.39 is 23.5 Å². The molecule has 1 N–H and O–H groups in total. The van der Waals surface area contributed by atoms with Gasteiger partial charge in [0.05, 0.1) is 17.3 Å². The summed E-state index contributed by atoms with van der Waals surface area (Å²) in [6.07, 6.45) is 1.82. The molecule has 2 aromatic carbocycles. The Hall–Kier alpha value is -4.06. The van der Waals surface area contributed by atoms with Crippen LogP contribution in [0.3, 0.4) is 0 Å². The normalized spacial score (nSPS) is 16.7. The standard InChI is InChI=1S/C29H21ClFN5O3S2/c1-15-7-6-12-35-16(2)22(32-26(15)35)24(37)21-23(17-9-5-10-19(30)13-17)36(27(39)25(21)38)28-33-34-29(41-28)40-14-18-8-3-4-11-20(18)31/h3-13,23,37H,14H2,1-2H3. The summed E-state index contributed by atoms with van der Waals surface area (Å²) >= 11 is 8.67. The van der Waals surface area contributed by atoms with E-state index in [-0.39, 0.29) is 22.2 Å². The maximum Gasteiger partial charge on any atom is 0.301 e. The number of anilines is 1. The summed E-state index contributed by atoms with van der Waals surface area (Å²) in [5, 5.41) is 20.5. The number of rotatable bonds is 6. The zero-order chi connectivity index (χ0) is 28.8. The Bertz CT molecular complexity index is 1890. The number of aryl methyl sites for hydroxylation is 2. The van der Waals surface area contributed by atoms with E-state index in [1.807, 2.05) is 29.7 Å². The molecule has 4 heterocycles. The lowest BCUT2D eigenvalue weighted by molar-refractivity contribution is -0.132. The molecule has 206 valence electrons. The summed E-state index contributed by atoms with van der Waals surface area (Å²) in [6, 6.07) is 15.9. The van der Waals surface area contributed by atoms with E-state index in [1.54, 1.807) is 49.4 Å². The third-order valence-corrected chi connectivity index (χ3v) is 9.17. The number of aromatic nitrogens is 4. The number of benzene rings is 2. The third kappa shape index (κ3) is 4.79. The molecule has 0 spiro atoms. The minimum absolute atomic E-state index is 0.128. The molecule has 1 atom stereocenters. The first-order valence-corrected chi connectivity index (χ1v) is 14.6. The molecule has 41 heavy (non-hydrogen) atoms. The summed E-state index contributed by atoms with van der Waals surface area (Å²) in [4.78, 5) is 32.9. The van der Waals surface area contributed by atoms with Crippen molar-refractivity contribution < 1.29 is 19.1 Å². The van der Waals surface area contributed by atoms with Gasteiger partial charge in [0.25, 0.3) is 5.78 Å². The molecule has 0 aliphatic carbocycles. The average molecular weight is 606 g/mol. The molecule has 1 amide bonds. The molecule has 1 unspecified atom stereocenters. The van der Waals surface area contributed by atoms with Gasteiger partial charge in [-0.1, -0.05) is 71.1 Å². The second-order valence-electron chi connectivity index (χ2n) is 9.39. The van der Waals surface area contributed by atoms with Crippen LogP contribution in [0.2, 0.25) is 5.02 Å². The highest BCUT2D eigenvalue weighted by molar-refractivity contribution is 8.00. The Morgan fingerprint density at radius 3 is 2.66 bits per heavy atom. The topological polar surface area (TPSA) is 101 Å². The minimum atomic E-state index is -1.03. The number of imidazole rings is 1. The van der Waals surface area contributed by atoms with Crippen LogP contribution in [0.5, 0.6) is 0 Å². The number of fused-ring (bicyclic) bond motifs is 1. The first-order valence-electron chi connectivity index (χ1n) is 12.5. The largest absolute Gasteiger partial charge is 0.505 e. The molecule has 5 aromatic rings. The predicted molar refractivity (Wildman–Crippen MR) is 157 cm³/mol. The summed E-state index contributed by atoms with van der Waals surface area (Å²) < 4.78 is 16.4. The van der Waals surface area contributed by atoms with Crippen molar-refractivity contribution in [3.8, 4) is 0 Å². The number of ketones is 1. The van der Waals surface area contributed by atoms with Crippen LogP contribution in [0.1, 0.15) is 34.1 Å². The third-order valence-electron chi connectivity index (χ3n) is 6.83. The second-order valence-corrected chi connectivity index (χ2v) is 12.0. The van der Waals surface area contributed by atoms with E-state index in [0.717, 1.165) is 16.9 Å². The average Bonchev–Trinajstić information content (AvgIpc) is 3.63. The molecule has 12 heteroatoms. The van der Waals surface area contributed by atoms with Crippen LogP contribution in [0.25, 0.3) is 11.4 Å². The van der Waals surface area contributed by atoms with Crippen molar-refractivity contribution in [1.82, 2.24) is 19.6 Å². The Labute approximate surface area is 247 Å². The molecule has 1 aliphatic heterocycles. The monoisotopic (exact) mass is 605 g/mol. The number of carbonyl (C=O) groups is 2. The molecule has 1 saturated heterocycles. The minimum Gasteiger partial charge on any atom is -0.505 e. The number of nitrogens with zero attached hydrogens (tertiary/aromatic N) is 5. The summed E-state index contributed by atoms with van der Waals surface area (Å²) in [7, 11) is 0. The van der Waals surface area contributed by atoms with Gasteiger partial charge in [-0.05, 0) is 54.8 Å². The van der Waals surface area contributed by atoms with Gasteiger partial charge in [0.15, 0.2) is 10.1 Å². The fourth-order valence-corrected chi connectivity index (χ4v) is 6.86. The molecular formula is C29H21ClFN5O3S2. The van der Waals surface area contributed by atoms with Gasteiger partial charge in [-0.2, -0.15) is 0 Å². The highest BCUT2D eigenvalue weighted by atomic mass is 35.5. The van der Waals surface area contributed by atoms with Crippen molar-refractivity contribution in [3.05, 3.63) is 111 Å². The van der Waals surface area contributed by atoms with E-state index in [2.05, 4.69) is 15.2 Å². The number of thioether (sulfide) groups is 1. The highest BCUT2D eigenvalue weighted by Gasteiger charge is 2.49. The maximum absolute atomic E-state index is 14.1. The molecule has 3 aromatic heterocycles. The number of hydrogen-bond donors (Lipinski definition) is 1. The van der Waals surface area contributed by atoms with Gasteiger partial charge < -0.3 is 9.51 Å². The van der Waals surface area contributed by atoms with Crippen molar-refractivity contribution in [1.29, 1.82) is 0 Å². The Kier molecular flexibility index (Phi) is 7.10. The van der Waals surface area contributed by atoms with Gasteiger partial charge in [-0.25, -0.2) is 9.37 Å². The van der Waals surface area contributed by atoms with Crippen molar-refractivity contribution in [2.45, 2.75) is 30.0 Å². The highest BCUT2D eigenvalue weighted by Crippen LogP contribution is 2.44. The van der Waals surface area contributed by atoms with Crippen LogP contribution in [-0.4, -0.2) is 36.4 Å². The van der Waals surface area contributed by atoms with E-state index in [1.165, 1.54) is 22.7 Å². The van der Waals surface area contributed by atoms with Gasteiger partial charge in [-0.15, -0.1) is 10.2 Å². The van der Waals surface area contributed by atoms with Crippen molar-refractivity contribution in [2.24, 2.45) is 0 Å². The lowest BCUT2D eigenvalue weighted by Gasteiger charge is -2.22. The van der Waals surface area contributed by atoms with E-state index in [0.29, 0.717) is 37.6 Å². The van der Waals surface area contributed by atoms with Crippen LogP contribution < -0.4 is 4.90 Å². The lowest BCUT2D eigenvalue weighted by atomic mass is 9.96. The molecule has 8 nitrogen and oxygen atoms in total. The molecule has 6 rings (SSSR count). The van der Waals surface area contributed by atoms with Gasteiger partial charge in [0.1, 0.15) is 17.2 Å². The number of halogens is 2. The Morgan fingerprint density at radius 1 is 1.10 bits per heavy atom. The molecule has 0 radical (unpaired) electrons. The maximum atomic E-state index is 14.1. The zero-order valence-electron chi connectivity index (χ0n) is 21.7. The van der Waals surface area contributed by atoms with Gasteiger partial charge in [0.2, 0.25) is 5.13 Å². The summed E-state index contributed by atoms with van der Waals surface area (Å²) in [6.45, 7) is 3.68. The molecule has 0 bridgehead atoms. The fraction of sp³-hybridized carbons (Fsp3) is 0.138. The van der Waals surface area contributed by atoms with E-state index in [9.17, 15) is 19.1 Å². The van der Waals surface area contributed by atoms with Crippen LogP contribution in [0.4, 0.5) is 9.52 Å². The smallest absolute Gasteiger partial charge is 0.301 e. The number of amides is 1. The molecule has 0 saturated carbocycles. The van der Waals surface area contributed by atoms with Crippen LogP contribution in [0, 0.1) is 19.7 Å². The molecule has 1 aliphatic rings. The van der Waals surface area contributed by atoms with Crippen LogP contribution in [0.15, 0.2) is 76.8 Å². The predicted octanol–water partition coefficient (Wildman–Crippen LogP) is 6.51. The van der Waals surface area contributed by atoms with Gasteiger partial charge in [0, 0.05) is 17.0 Å². The number of Topliss-reactive ketones (excluding diaryl/α,β-unsaturated/α-hetero) is 1. The van der Waals surface area contributed by atoms with Crippen molar-refractivity contribution >= 4 is 62.9 Å². The number of pyridine rings is 1. The molecule has 1 fully saturated rings. The fourth-order valence-electron chi connectivity index (χ4n) is 4.81. The van der Waals surface area contributed by atoms with Crippen molar-refractivity contribution in [2.75, 3.05) is 4.90 Å². The summed E-state index contributed by atoms with van der Waals surface area (Å²) in [5.41, 5.74) is 3.20. The molecular weight excluding hydrogens is 585 g/mol. The zero-order valence-corrected chi connectivity index (χ0v) is 24.1. The van der Waals surface area contributed by atoms with Crippen molar-refractivity contribution in [3.63, 3.8) is 0 Å². The first kappa shape index (κ1) is 27.1. The lowest BCUT2D eigenvalue weighted by Crippen LogP contribution is -2.29. The van der Waals surface area contributed by atoms with E-state index in [4.69, 9.17) is 11.6 Å². The number of aliphatic hydroxyl groups excluding tert-OH is 1. The quantitative estimate of drug-likeness (QED) is 0.0774. The van der Waals surface area contributed by atoms with Gasteiger partial charge in [-0.3, -0.25) is 14.5 Å². The second kappa shape index (κ2) is 10.7. The first-order chi connectivity index (χ1) is 19.7. The van der Waals surface area contributed by atoms with Gasteiger partial charge >= 0.3 is 5.91 Å². The van der Waals surface area contributed by atoms with Crippen LogP contribution >= 0.6 is 34.7 Å². The Morgan fingerprint density at radius 2 is 1.90 bits per heavy atom. The number of carbonyl (C=O) groups excluding carboxylic acids is 2. The number of aliphatic hydroxyl groups is 1. The SMILES string of the molecule is Cc1cccn2c(C)c(C(O)=C3C(=O)C(=O)N(c4nnc(SCc5ccccc5F)s4)C3c3cccc(Cl)c3)nc12. The summed E-state index contributed by atoms with van der Waals surface area (Å²) in [5.74, 6) is -2.15. The number of hydrogen-bond acceptors (Lipinski definition) is 8. The van der Waals surface area contributed by atoms with E-state index >= 15 is 0 Å². The van der Waals surface area contributed by atoms with Crippen LogP contribution in [-0.2, 0) is 15.3 Å².